The maximum absolute atomic E-state index is 12.6. The number of benzene rings is 1. The second-order valence-corrected chi connectivity index (χ2v) is 8.08. The standard InChI is InChI=1S/C22H33N3O2/c1-17(19-8-4-3-5-9-19)16-23-21(26)18(2)24-14-10-20(11-15-24)22(27)25-12-6-7-13-25/h3-5,8-9,17-18,20H,6-7,10-16H2,1-2H3,(H,23,26). The van der Waals surface area contributed by atoms with E-state index in [0.717, 1.165) is 51.9 Å². The van der Waals surface area contributed by atoms with Gasteiger partial charge in [-0.05, 0) is 57.2 Å². The topological polar surface area (TPSA) is 52.7 Å². The molecule has 2 unspecified atom stereocenters. The summed E-state index contributed by atoms with van der Waals surface area (Å²) in [4.78, 5) is 29.4. The van der Waals surface area contributed by atoms with Gasteiger partial charge in [-0.2, -0.15) is 0 Å². The number of carbonyl (C=O) groups excluding carboxylic acids is 2. The third-order valence-electron chi connectivity index (χ3n) is 6.17. The van der Waals surface area contributed by atoms with Gasteiger partial charge in [0.25, 0.3) is 0 Å². The van der Waals surface area contributed by atoms with Gasteiger partial charge in [0, 0.05) is 25.6 Å². The van der Waals surface area contributed by atoms with Gasteiger partial charge in [-0.25, -0.2) is 0 Å². The number of piperidine rings is 1. The van der Waals surface area contributed by atoms with E-state index in [2.05, 4.69) is 29.3 Å². The summed E-state index contributed by atoms with van der Waals surface area (Å²) in [5.74, 6) is 0.863. The Labute approximate surface area is 163 Å². The van der Waals surface area contributed by atoms with Crippen LogP contribution in [-0.2, 0) is 9.59 Å². The molecule has 2 amide bonds. The Bertz CT molecular complexity index is 620. The molecule has 0 saturated carbocycles. The third-order valence-corrected chi connectivity index (χ3v) is 6.17. The first-order valence-electron chi connectivity index (χ1n) is 10.4. The zero-order chi connectivity index (χ0) is 19.2. The molecule has 3 rings (SSSR count). The second-order valence-electron chi connectivity index (χ2n) is 8.08. The monoisotopic (exact) mass is 371 g/mol. The number of rotatable bonds is 6. The van der Waals surface area contributed by atoms with Crippen LogP contribution >= 0.6 is 0 Å². The predicted octanol–water partition coefficient (Wildman–Crippen LogP) is 2.63. The summed E-state index contributed by atoms with van der Waals surface area (Å²) in [5.41, 5.74) is 1.24. The van der Waals surface area contributed by atoms with Gasteiger partial charge in [-0.1, -0.05) is 37.3 Å². The molecule has 2 fully saturated rings. The van der Waals surface area contributed by atoms with Crippen LogP contribution in [0.1, 0.15) is 51.0 Å². The minimum Gasteiger partial charge on any atom is -0.354 e. The van der Waals surface area contributed by atoms with Crippen LogP contribution < -0.4 is 5.32 Å². The van der Waals surface area contributed by atoms with E-state index in [0.29, 0.717) is 18.4 Å². The number of hydrogen-bond donors (Lipinski definition) is 1. The Morgan fingerprint density at radius 3 is 2.30 bits per heavy atom. The van der Waals surface area contributed by atoms with Crippen molar-refractivity contribution in [1.82, 2.24) is 15.1 Å². The first kappa shape index (κ1) is 19.9. The van der Waals surface area contributed by atoms with Crippen molar-refractivity contribution < 1.29 is 9.59 Å². The Kier molecular flexibility index (Phi) is 6.89. The van der Waals surface area contributed by atoms with Crippen LogP contribution in [0, 0.1) is 5.92 Å². The molecule has 1 aromatic carbocycles. The van der Waals surface area contributed by atoms with Crippen molar-refractivity contribution in [2.75, 3.05) is 32.7 Å². The predicted molar refractivity (Wildman–Crippen MR) is 107 cm³/mol. The molecule has 27 heavy (non-hydrogen) atoms. The number of amides is 2. The Morgan fingerprint density at radius 2 is 1.67 bits per heavy atom. The number of nitrogens with one attached hydrogen (secondary N) is 1. The molecule has 0 aliphatic carbocycles. The van der Waals surface area contributed by atoms with Crippen molar-refractivity contribution in [1.29, 1.82) is 0 Å². The molecule has 0 spiro atoms. The zero-order valence-electron chi connectivity index (χ0n) is 16.7. The van der Waals surface area contributed by atoms with Gasteiger partial charge >= 0.3 is 0 Å². The molecule has 1 aromatic rings. The van der Waals surface area contributed by atoms with Crippen molar-refractivity contribution in [3.8, 4) is 0 Å². The van der Waals surface area contributed by atoms with E-state index in [4.69, 9.17) is 0 Å². The van der Waals surface area contributed by atoms with Gasteiger partial charge in [0.2, 0.25) is 11.8 Å². The zero-order valence-corrected chi connectivity index (χ0v) is 16.7. The lowest BCUT2D eigenvalue weighted by Gasteiger charge is -2.36. The molecule has 2 aliphatic heterocycles. The van der Waals surface area contributed by atoms with E-state index in [-0.39, 0.29) is 17.9 Å². The molecule has 2 atom stereocenters. The molecule has 0 bridgehead atoms. The van der Waals surface area contributed by atoms with Gasteiger partial charge in [-0.3, -0.25) is 14.5 Å². The van der Waals surface area contributed by atoms with Gasteiger partial charge in [0.05, 0.1) is 6.04 Å². The van der Waals surface area contributed by atoms with Crippen molar-refractivity contribution in [3.05, 3.63) is 35.9 Å². The molecule has 5 nitrogen and oxygen atoms in total. The van der Waals surface area contributed by atoms with Crippen molar-refractivity contribution in [2.24, 2.45) is 5.92 Å². The second kappa shape index (κ2) is 9.36. The van der Waals surface area contributed by atoms with E-state index in [1.807, 2.05) is 30.0 Å². The lowest BCUT2D eigenvalue weighted by molar-refractivity contribution is -0.136. The highest BCUT2D eigenvalue weighted by atomic mass is 16.2. The summed E-state index contributed by atoms with van der Waals surface area (Å²) in [6.45, 7) is 8.27. The van der Waals surface area contributed by atoms with Crippen LogP contribution in [0.25, 0.3) is 0 Å². The van der Waals surface area contributed by atoms with E-state index >= 15 is 0 Å². The molecule has 0 radical (unpaired) electrons. The normalized spacial score (nSPS) is 21.0. The van der Waals surface area contributed by atoms with Crippen LogP contribution in [0.15, 0.2) is 30.3 Å². The van der Waals surface area contributed by atoms with Crippen LogP contribution in [0.5, 0.6) is 0 Å². The molecule has 2 heterocycles. The van der Waals surface area contributed by atoms with Crippen molar-refractivity contribution in [3.63, 3.8) is 0 Å². The average Bonchev–Trinajstić information content (AvgIpc) is 3.26. The van der Waals surface area contributed by atoms with Crippen LogP contribution in [0.2, 0.25) is 0 Å². The molecule has 0 aromatic heterocycles. The summed E-state index contributed by atoms with van der Waals surface area (Å²) >= 11 is 0. The maximum atomic E-state index is 12.6. The molecule has 1 N–H and O–H groups in total. The molecular formula is C22H33N3O2. The smallest absolute Gasteiger partial charge is 0.237 e. The number of carbonyl (C=O) groups is 2. The molecule has 2 aliphatic rings. The summed E-state index contributed by atoms with van der Waals surface area (Å²) in [7, 11) is 0. The van der Waals surface area contributed by atoms with Gasteiger partial charge in [-0.15, -0.1) is 0 Å². The molecule has 148 valence electrons. The molecular weight excluding hydrogens is 338 g/mol. The van der Waals surface area contributed by atoms with Gasteiger partial charge < -0.3 is 10.2 Å². The summed E-state index contributed by atoms with van der Waals surface area (Å²) in [5, 5.41) is 3.10. The van der Waals surface area contributed by atoms with Crippen LogP contribution in [0.3, 0.4) is 0 Å². The Balaban J connectivity index is 1.42. The highest BCUT2D eigenvalue weighted by molar-refractivity contribution is 5.81. The summed E-state index contributed by atoms with van der Waals surface area (Å²) in [6, 6.07) is 10.1. The fourth-order valence-electron chi connectivity index (χ4n) is 4.20. The van der Waals surface area contributed by atoms with E-state index in [1.165, 1.54) is 5.56 Å². The highest BCUT2D eigenvalue weighted by Gasteiger charge is 2.32. The first-order chi connectivity index (χ1) is 13.1. The Morgan fingerprint density at radius 1 is 1.04 bits per heavy atom. The minimum atomic E-state index is -0.143. The maximum Gasteiger partial charge on any atom is 0.237 e. The quantitative estimate of drug-likeness (QED) is 0.836. The third kappa shape index (κ3) is 5.10. The van der Waals surface area contributed by atoms with E-state index < -0.39 is 0 Å². The summed E-state index contributed by atoms with van der Waals surface area (Å²) in [6.07, 6.45) is 4.02. The summed E-state index contributed by atoms with van der Waals surface area (Å²) < 4.78 is 0. The van der Waals surface area contributed by atoms with E-state index in [1.54, 1.807) is 0 Å². The van der Waals surface area contributed by atoms with Crippen LogP contribution in [-0.4, -0.2) is 60.4 Å². The largest absolute Gasteiger partial charge is 0.354 e. The molecule has 5 heteroatoms. The fraction of sp³-hybridized carbons (Fsp3) is 0.636. The number of likely N-dealkylation sites (tertiary alicyclic amines) is 2. The van der Waals surface area contributed by atoms with Gasteiger partial charge in [0.15, 0.2) is 0 Å². The minimum absolute atomic E-state index is 0.0853. The van der Waals surface area contributed by atoms with Crippen LogP contribution in [0.4, 0.5) is 0 Å². The van der Waals surface area contributed by atoms with Crippen molar-refractivity contribution in [2.45, 2.75) is 51.5 Å². The van der Waals surface area contributed by atoms with E-state index in [9.17, 15) is 9.59 Å². The SMILES string of the molecule is CC(CNC(=O)C(C)N1CCC(C(=O)N2CCCC2)CC1)c1ccccc1. The van der Waals surface area contributed by atoms with Crippen molar-refractivity contribution >= 4 is 11.8 Å². The first-order valence-corrected chi connectivity index (χ1v) is 10.4. The van der Waals surface area contributed by atoms with Gasteiger partial charge in [0.1, 0.15) is 0 Å². The number of nitrogens with zero attached hydrogens (tertiary/aromatic N) is 2. The average molecular weight is 372 g/mol. The lowest BCUT2D eigenvalue weighted by Crippen LogP contribution is -2.50. The fourth-order valence-corrected chi connectivity index (χ4v) is 4.20. The lowest BCUT2D eigenvalue weighted by atomic mass is 9.94. The Hall–Kier alpha value is -1.88. The molecule has 2 saturated heterocycles. The highest BCUT2D eigenvalue weighted by Crippen LogP contribution is 2.23. The number of hydrogen-bond acceptors (Lipinski definition) is 3.